The average Bonchev–Trinajstić information content (AvgIpc) is 3.42. The summed E-state index contributed by atoms with van der Waals surface area (Å²) in [7, 11) is 3.85. The molecular weight excluding hydrogens is 457 g/mol. The third kappa shape index (κ3) is 7.06. The summed E-state index contributed by atoms with van der Waals surface area (Å²) < 4.78 is 19.6. The average molecular weight is 496 g/mol. The Balaban J connectivity index is 1.41. The Morgan fingerprint density at radius 3 is 2.39 bits per heavy atom. The first kappa shape index (κ1) is 26.1. The van der Waals surface area contributed by atoms with Gasteiger partial charge in [-0.25, -0.2) is 4.39 Å². The topological polar surface area (TPSA) is 53.1 Å². The first-order valence-corrected chi connectivity index (χ1v) is 13.1. The molecule has 1 aliphatic heterocycles. The van der Waals surface area contributed by atoms with Gasteiger partial charge in [-0.05, 0) is 49.7 Å². The lowest BCUT2D eigenvalue weighted by molar-refractivity contribution is -0.139. The smallest absolute Gasteiger partial charge is 0.236 e. The van der Waals surface area contributed by atoms with Crippen LogP contribution >= 0.6 is 0 Å². The highest BCUT2D eigenvalue weighted by molar-refractivity contribution is 5.79. The number of carbonyl (C=O) groups is 2. The van der Waals surface area contributed by atoms with Crippen LogP contribution in [0.2, 0.25) is 0 Å². The number of halogens is 1. The fraction of sp³-hybridized carbons (Fsp3) is 0.517. The summed E-state index contributed by atoms with van der Waals surface area (Å²) in [6.07, 6.45) is 5.48. The van der Waals surface area contributed by atoms with Crippen molar-refractivity contribution in [3.8, 4) is 5.75 Å². The van der Waals surface area contributed by atoms with Gasteiger partial charge in [0.05, 0.1) is 6.54 Å². The van der Waals surface area contributed by atoms with Crippen LogP contribution in [-0.2, 0) is 16.1 Å². The lowest BCUT2D eigenvalue weighted by Crippen LogP contribution is -2.51. The number of benzene rings is 2. The fourth-order valence-electron chi connectivity index (χ4n) is 5.39. The molecule has 194 valence electrons. The molecule has 2 aromatic carbocycles. The molecule has 4 rings (SSSR count). The van der Waals surface area contributed by atoms with Gasteiger partial charge in [-0.2, -0.15) is 0 Å². The van der Waals surface area contributed by atoms with Crippen LogP contribution in [0.5, 0.6) is 5.75 Å². The number of hydrogen-bond acceptors (Lipinski definition) is 4. The summed E-state index contributed by atoms with van der Waals surface area (Å²) in [6, 6.07) is 16.4. The second-order valence-electron chi connectivity index (χ2n) is 10.3. The van der Waals surface area contributed by atoms with Crippen molar-refractivity contribution in [2.45, 2.75) is 57.2 Å². The van der Waals surface area contributed by atoms with Gasteiger partial charge in [0.2, 0.25) is 11.8 Å². The maximum atomic E-state index is 13.4. The molecule has 1 saturated heterocycles. The van der Waals surface area contributed by atoms with Gasteiger partial charge in [-0.1, -0.05) is 43.2 Å². The van der Waals surface area contributed by atoms with Crippen LogP contribution in [0.1, 0.15) is 44.1 Å². The monoisotopic (exact) mass is 495 g/mol. The number of ether oxygens (including phenoxy) is 1. The van der Waals surface area contributed by atoms with E-state index in [2.05, 4.69) is 4.90 Å². The van der Waals surface area contributed by atoms with E-state index in [4.69, 9.17) is 4.74 Å². The lowest BCUT2D eigenvalue weighted by Gasteiger charge is -2.39. The number of hydrogen-bond donors (Lipinski definition) is 0. The second-order valence-corrected chi connectivity index (χ2v) is 10.3. The first-order valence-electron chi connectivity index (χ1n) is 13.1. The lowest BCUT2D eigenvalue weighted by atomic mass is 9.90. The van der Waals surface area contributed by atoms with E-state index in [9.17, 15) is 14.0 Å². The van der Waals surface area contributed by atoms with Gasteiger partial charge >= 0.3 is 0 Å². The van der Waals surface area contributed by atoms with E-state index in [-0.39, 0.29) is 36.1 Å². The van der Waals surface area contributed by atoms with E-state index in [1.54, 1.807) is 17.0 Å². The van der Waals surface area contributed by atoms with Crippen molar-refractivity contribution in [1.29, 1.82) is 0 Å². The molecule has 2 fully saturated rings. The zero-order valence-electron chi connectivity index (χ0n) is 21.4. The highest BCUT2D eigenvalue weighted by Crippen LogP contribution is 2.28. The van der Waals surface area contributed by atoms with E-state index < -0.39 is 0 Å². The van der Waals surface area contributed by atoms with Gasteiger partial charge in [-0.15, -0.1) is 0 Å². The Morgan fingerprint density at radius 2 is 1.69 bits per heavy atom. The molecule has 2 aromatic rings. The van der Waals surface area contributed by atoms with Gasteiger partial charge in [0, 0.05) is 51.5 Å². The summed E-state index contributed by atoms with van der Waals surface area (Å²) in [4.78, 5) is 32.2. The van der Waals surface area contributed by atoms with E-state index in [0.717, 1.165) is 18.4 Å². The van der Waals surface area contributed by atoms with Crippen molar-refractivity contribution >= 4 is 11.8 Å². The molecule has 1 saturated carbocycles. The Bertz CT molecular complexity index is 995. The van der Waals surface area contributed by atoms with Crippen LogP contribution in [0.25, 0.3) is 0 Å². The maximum absolute atomic E-state index is 13.4. The molecule has 36 heavy (non-hydrogen) atoms. The number of piperidine rings is 1. The van der Waals surface area contributed by atoms with Crippen molar-refractivity contribution in [2.24, 2.45) is 5.92 Å². The molecule has 0 N–H and O–H groups in total. The largest absolute Gasteiger partial charge is 0.490 e. The van der Waals surface area contributed by atoms with Crippen molar-refractivity contribution < 1.29 is 18.7 Å². The molecule has 2 atom stereocenters. The fourth-order valence-corrected chi connectivity index (χ4v) is 5.39. The van der Waals surface area contributed by atoms with Crippen LogP contribution in [0.4, 0.5) is 4.39 Å². The molecule has 0 aromatic heterocycles. The number of carbonyl (C=O) groups excluding carboxylic acids is 2. The zero-order valence-corrected chi connectivity index (χ0v) is 21.4. The van der Waals surface area contributed by atoms with Crippen LogP contribution in [0, 0.1) is 11.7 Å². The minimum Gasteiger partial charge on any atom is -0.490 e. The normalized spacial score (nSPS) is 20.5. The van der Waals surface area contributed by atoms with Crippen LogP contribution < -0.4 is 4.74 Å². The van der Waals surface area contributed by atoms with Gasteiger partial charge in [-0.3, -0.25) is 14.5 Å². The van der Waals surface area contributed by atoms with E-state index in [1.165, 1.54) is 25.0 Å². The molecule has 6 nitrogen and oxygen atoms in total. The summed E-state index contributed by atoms with van der Waals surface area (Å²) in [5.41, 5.74) is 1.07. The predicted molar refractivity (Wildman–Crippen MR) is 138 cm³/mol. The molecule has 1 aliphatic carbocycles. The van der Waals surface area contributed by atoms with Gasteiger partial charge in [0.15, 0.2) is 0 Å². The minimum absolute atomic E-state index is 0.0222. The second kappa shape index (κ2) is 12.3. The van der Waals surface area contributed by atoms with Crippen molar-refractivity contribution in [3.05, 3.63) is 66.0 Å². The molecule has 0 bridgehead atoms. The minimum atomic E-state index is -0.316. The third-order valence-corrected chi connectivity index (χ3v) is 7.58. The Morgan fingerprint density at radius 1 is 1.00 bits per heavy atom. The standard InChI is InChI=1S/C29H38FN3O3/c1-31(25-10-6-7-11-25)21-29(35)33-17-16-27(36-26-14-12-24(30)13-15-26)23(20-33)18-28(34)32(2)19-22-8-4-3-5-9-22/h3-5,8-9,12-15,23,25,27H,6-7,10-11,16-21H2,1-2H3/t23-,27-/m0/s1. The van der Waals surface area contributed by atoms with E-state index in [0.29, 0.717) is 44.4 Å². The number of nitrogens with zero attached hydrogens (tertiary/aromatic N) is 3. The zero-order chi connectivity index (χ0) is 25.5. The number of likely N-dealkylation sites (N-methyl/N-ethyl adjacent to an activating group) is 1. The summed E-state index contributed by atoms with van der Waals surface area (Å²) in [6.45, 7) is 2.01. The highest BCUT2D eigenvalue weighted by Gasteiger charge is 2.35. The third-order valence-electron chi connectivity index (χ3n) is 7.58. The molecular formula is C29H38FN3O3. The summed E-state index contributed by atoms with van der Waals surface area (Å²) in [5.74, 6) is 0.254. The summed E-state index contributed by atoms with van der Waals surface area (Å²) >= 11 is 0. The van der Waals surface area contributed by atoms with E-state index in [1.807, 2.05) is 49.3 Å². The number of likely N-dealkylation sites (tertiary alicyclic amines) is 1. The van der Waals surface area contributed by atoms with Crippen molar-refractivity contribution in [3.63, 3.8) is 0 Å². The molecule has 2 aliphatic rings. The predicted octanol–water partition coefficient (Wildman–Crippen LogP) is 4.34. The molecule has 7 heteroatoms. The molecule has 0 spiro atoms. The maximum Gasteiger partial charge on any atom is 0.236 e. The van der Waals surface area contributed by atoms with Gasteiger partial charge in [0.1, 0.15) is 17.7 Å². The van der Waals surface area contributed by atoms with Crippen LogP contribution in [0.3, 0.4) is 0 Å². The van der Waals surface area contributed by atoms with Crippen LogP contribution in [-0.4, -0.2) is 72.4 Å². The summed E-state index contributed by atoms with van der Waals surface area (Å²) in [5, 5.41) is 0. The SMILES string of the molecule is CN(Cc1ccccc1)C(=O)C[C@H]1CN(C(=O)CN(C)C2CCCC2)CC[C@@H]1Oc1ccc(F)cc1. The van der Waals surface area contributed by atoms with Crippen molar-refractivity contribution in [2.75, 3.05) is 33.7 Å². The Kier molecular flexibility index (Phi) is 8.97. The van der Waals surface area contributed by atoms with Gasteiger partial charge in [0.25, 0.3) is 0 Å². The molecule has 1 heterocycles. The molecule has 2 amide bonds. The van der Waals surface area contributed by atoms with Gasteiger partial charge < -0.3 is 14.5 Å². The highest BCUT2D eigenvalue weighted by atomic mass is 19.1. The number of rotatable bonds is 9. The van der Waals surface area contributed by atoms with Crippen molar-refractivity contribution in [1.82, 2.24) is 14.7 Å². The Hall–Kier alpha value is -2.93. The van der Waals surface area contributed by atoms with E-state index >= 15 is 0 Å². The number of amides is 2. The first-order chi connectivity index (χ1) is 17.4. The van der Waals surface area contributed by atoms with Crippen LogP contribution in [0.15, 0.2) is 54.6 Å². The molecule has 0 radical (unpaired) electrons. The molecule has 0 unspecified atom stereocenters. The Labute approximate surface area is 214 Å². The quantitative estimate of drug-likeness (QED) is 0.519.